The molecule has 162 valence electrons. The van der Waals surface area contributed by atoms with Crippen molar-refractivity contribution in [3.05, 3.63) is 23.3 Å². The van der Waals surface area contributed by atoms with Crippen LogP contribution in [0.5, 0.6) is 11.5 Å². The number of hydrogen-bond acceptors (Lipinski definition) is 5. The number of nitrogens with two attached hydrogens (primary N) is 1. The van der Waals surface area contributed by atoms with E-state index < -0.39 is 0 Å². The molecule has 3 N–H and O–H groups in total. The molecule has 2 saturated carbocycles. The quantitative estimate of drug-likeness (QED) is 0.686. The van der Waals surface area contributed by atoms with E-state index in [1.54, 1.807) is 7.11 Å². The summed E-state index contributed by atoms with van der Waals surface area (Å²) in [6.45, 7) is 4.97. The van der Waals surface area contributed by atoms with E-state index in [1.165, 1.54) is 43.2 Å². The summed E-state index contributed by atoms with van der Waals surface area (Å²) in [6, 6.07) is 5.11. The number of likely N-dealkylation sites (N-methyl/N-ethyl adjacent to an activating group) is 1. The van der Waals surface area contributed by atoms with Gasteiger partial charge in [-0.2, -0.15) is 0 Å². The third kappa shape index (κ3) is 3.77. The molecule has 3 aliphatic rings. The molecular weight excluding hydrogens is 362 g/mol. The number of fused-ring (bicyclic) bond motifs is 5. The Labute approximate surface area is 176 Å². The lowest BCUT2D eigenvalue weighted by atomic mass is 9.55. The summed E-state index contributed by atoms with van der Waals surface area (Å²) in [6.07, 6.45) is 7.76. The highest BCUT2D eigenvalue weighted by Gasteiger charge is 2.54. The number of nitrogens with zero attached hydrogens (tertiary/aromatic N) is 1. The van der Waals surface area contributed by atoms with Gasteiger partial charge in [-0.3, -0.25) is 5.73 Å². The first-order chi connectivity index (χ1) is 14.0. The molecule has 5 heteroatoms. The highest BCUT2D eigenvalue weighted by molar-refractivity contribution is 5.50. The molecule has 0 aromatic heterocycles. The lowest BCUT2D eigenvalue weighted by Crippen LogP contribution is -2.49. The molecule has 5 unspecified atom stereocenters. The van der Waals surface area contributed by atoms with E-state index in [1.807, 2.05) is 0 Å². The maximum Gasteiger partial charge on any atom is 0.163 e. The average molecular weight is 402 g/mol. The largest absolute Gasteiger partial charge is 0.493 e. The fourth-order valence-corrected chi connectivity index (χ4v) is 6.74. The predicted octanol–water partition coefficient (Wildman–Crippen LogP) is 3.37. The summed E-state index contributed by atoms with van der Waals surface area (Å²) >= 11 is 0. The molecule has 0 saturated heterocycles. The van der Waals surface area contributed by atoms with Crippen molar-refractivity contribution in [1.29, 1.82) is 0 Å². The monoisotopic (exact) mass is 401 g/mol. The van der Waals surface area contributed by atoms with E-state index in [0.29, 0.717) is 17.4 Å². The Morgan fingerprint density at radius 2 is 2.00 bits per heavy atom. The molecule has 29 heavy (non-hydrogen) atoms. The Morgan fingerprint density at radius 3 is 2.72 bits per heavy atom. The van der Waals surface area contributed by atoms with Crippen LogP contribution in [0.1, 0.15) is 56.1 Å². The van der Waals surface area contributed by atoms with Gasteiger partial charge in [-0.25, -0.2) is 0 Å². The number of hydrogen-bond donors (Lipinski definition) is 2. The maximum atomic E-state index is 5.64. The highest BCUT2D eigenvalue weighted by atomic mass is 16.5. The fourth-order valence-electron chi connectivity index (χ4n) is 6.74. The molecule has 3 aliphatic carbocycles. The molecule has 5 atom stereocenters. The van der Waals surface area contributed by atoms with Crippen molar-refractivity contribution in [3.8, 4) is 11.5 Å². The van der Waals surface area contributed by atoms with Crippen molar-refractivity contribution in [2.75, 3.05) is 41.0 Å². The Balaban J connectivity index is 1.54. The third-order valence-corrected chi connectivity index (χ3v) is 8.20. The minimum atomic E-state index is 0.184. The van der Waals surface area contributed by atoms with Crippen LogP contribution in [0.2, 0.25) is 0 Å². The summed E-state index contributed by atoms with van der Waals surface area (Å²) in [7, 11) is 6.04. The van der Waals surface area contributed by atoms with Gasteiger partial charge in [0.1, 0.15) is 6.73 Å². The van der Waals surface area contributed by atoms with E-state index in [9.17, 15) is 0 Å². The van der Waals surface area contributed by atoms with Gasteiger partial charge >= 0.3 is 0 Å². The molecule has 2 fully saturated rings. The van der Waals surface area contributed by atoms with Crippen LogP contribution in [0.15, 0.2) is 12.1 Å². The van der Waals surface area contributed by atoms with Crippen LogP contribution >= 0.6 is 0 Å². The van der Waals surface area contributed by atoms with Gasteiger partial charge in [-0.05, 0) is 99.0 Å². The van der Waals surface area contributed by atoms with Crippen molar-refractivity contribution in [2.45, 2.75) is 57.4 Å². The van der Waals surface area contributed by atoms with Crippen molar-refractivity contribution >= 4 is 0 Å². The first-order valence-electron chi connectivity index (χ1n) is 11.4. The van der Waals surface area contributed by atoms with Gasteiger partial charge in [0.25, 0.3) is 0 Å². The van der Waals surface area contributed by atoms with Crippen molar-refractivity contribution < 1.29 is 9.47 Å². The van der Waals surface area contributed by atoms with Crippen molar-refractivity contribution in [1.82, 2.24) is 10.2 Å². The lowest BCUT2D eigenvalue weighted by Gasteiger charge is -2.51. The standard InChI is InChI=1S/C24H39N3O2/c1-24-10-9-17-18(20(24)7-8-23(24)26-11-12-27(2)3)6-5-16-13-22(29-15-25)21(28-4)14-19(16)17/h13-14,17-18,20,23,26H,5-12,15,25H2,1-4H3. The van der Waals surface area contributed by atoms with Crippen molar-refractivity contribution in [3.63, 3.8) is 0 Å². The van der Waals surface area contributed by atoms with E-state index in [2.05, 4.69) is 43.4 Å². The first-order valence-corrected chi connectivity index (χ1v) is 11.4. The summed E-state index contributed by atoms with van der Waals surface area (Å²) in [5, 5.41) is 3.92. The Kier molecular flexibility index (Phi) is 6.10. The van der Waals surface area contributed by atoms with Gasteiger partial charge in [0.05, 0.1) is 7.11 Å². The van der Waals surface area contributed by atoms with Gasteiger partial charge in [0, 0.05) is 19.1 Å². The zero-order valence-electron chi connectivity index (χ0n) is 18.7. The molecule has 0 spiro atoms. The van der Waals surface area contributed by atoms with E-state index >= 15 is 0 Å². The molecule has 0 heterocycles. The predicted molar refractivity (Wildman–Crippen MR) is 118 cm³/mol. The van der Waals surface area contributed by atoms with Gasteiger partial charge in [0.15, 0.2) is 11.5 Å². The molecule has 0 radical (unpaired) electrons. The topological polar surface area (TPSA) is 59.8 Å². The second kappa shape index (κ2) is 8.44. The summed E-state index contributed by atoms with van der Waals surface area (Å²) in [5.41, 5.74) is 9.01. The van der Waals surface area contributed by atoms with Crippen LogP contribution in [0.3, 0.4) is 0 Å². The van der Waals surface area contributed by atoms with Crippen molar-refractivity contribution in [2.24, 2.45) is 23.0 Å². The number of methoxy groups -OCH3 is 1. The molecule has 4 rings (SSSR count). The average Bonchev–Trinajstić information content (AvgIpc) is 3.03. The van der Waals surface area contributed by atoms with E-state index in [-0.39, 0.29) is 6.73 Å². The number of aryl methyl sites for hydroxylation is 1. The zero-order chi connectivity index (χ0) is 20.6. The van der Waals surface area contributed by atoms with Gasteiger partial charge in [-0.15, -0.1) is 0 Å². The molecule has 0 aliphatic heterocycles. The van der Waals surface area contributed by atoms with Gasteiger partial charge in [0.2, 0.25) is 0 Å². The van der Waals surface area contributed by atoms with E-state index in [0.717, 1.165) is 42.8 Å². The van der Waals surface area contributed by atoms with Crippen LogP contribution in [0.4, 0.5) is 0 Å². The molecule has 1 aromatic carbocycles. The second-order valence-corrected chi connectivity index (χ2v) is 9.86. The summed E-state index contributed by atoms with van der Waals surface area (Å²) in [4.78, 5) is 2.27. The summed E-state index contributed by atoms with van der Waals surface area (Å²) < 4.78 is 11.3. The van der Waals surface area contributed by atoms with Crippen LogP contribution in [0.25, 0.3) is 0 Å². The number of ether oxygens (including phenoxy) is 2. The fraction of sp³-hybridized carbons (Fsp3) is 0.750. The normalized spacial score (nSPS) is 33.2. The lowest BCUT2D eigenvalue weighted by molar-refractivity contribution is 0.0408. The minimum Gasteiger partial charge on any atom is -0.493 e. The number of nitrogens with one attached hydrogen (secondary N) is 1. The van der Waals surface area contributed by atoms with Gasteiger partial charge in [-0.1, -0.05) is 6.92 Å². The zero-order valence-corrected chi connectivity index (χ0v) is 18.7. The molecule has 0 amide bonds. The Bertz CT molecular complexity index is 722. The summed E-state index contributed by atoms with van der Waals surface area (Å²) in [5.74, 6) is 3.92. The molecule has 1 aromatic rings. The van der Waals surface area contributed by atoms with Gasteiger partial charge < -0.3 is 19.7 Å². The SMILES string of the molecule is COc1cc2c(cc1OCN)CCC1C2CCC2(C)C(NCCN(C)C)CCC12. The Morgan fingerprint density at radius 1 is 1.17 bits per heavy atom. The Hall–Kier alpha value is -1.30. The van der Waals surface area contributed by atoms with Crippen LogP contribution in [-0.2, 0) is 6.42 Å². The first kappa shape index (κ1) is 21.0. The molecule has 5 nitrogen and oxygen atoms in total. The van der Waals surface area contributed by atoms with Crippen LogP contribution in [-0.4, -0.2) is 52.0 Å². The third-order valence-electron chi connectivity index (χ3n) is 8.20. The molecule has 0 bridgehead atoms. The second-order valence-electron chi connectivity index (χ2n) is 9.86. The molecular formula is C24H39N3O2. The van der Waals surface area contributed by atoms with Crippen LogP contribution < -0.4 is 20.5 Å². The van der Waals surface area contributed by atoms with Crippen LogP contribution in [0, 0.1) is 17.3 Å². The highest BCUT2D eigenvalue weighted by Crippen LogP contribution is 2.61. The maximum absolute atomic E-state index is 5.64. The number of benzene rings is 1. The number of rotatable bonds is 7. The smallest absolute Gasteiger partial charge is 0.163 e. The minimum absolute atomic E-state index is 0.184. The van der Waals surface area contributed by atoms with E-state index in [4.69, 9.17) is 15.2 Å².